The first-order chi connectivity index (χ1) is 11.6. The van der Waals surface area contributed by atoms with Crippen LogP contribution in [0.25, 0.3) is 0 Å². The molecule has 2 aliphatic rings. The zero-order valence-corrected chi connectivity index (χ0v) is 13.8. The Balaban J connectivity index is 1.61. The summed E-state index contributed by atoms with van der Waals surface area (Å²) in [5.41, 5.74) is 0.925. The van der Waals surface area contributed by atoms with Crippen molar-refractivity contribution in [3.63, 3.8) is 0 Å². The van der Waals surface area contributed by atoms with Crippen molar-refractivity contribution in [2.75, 3.05) is 26.2 Å². The number of rotatable bonds is 4. The van der Waals surface area contributed by atoms with Gasteiger partial charge in [-0.3, -0.25) is 9.69 Å². The molecule has 2 heterocycles. The van der Waals surface area contributed by atoms with Gasteiger partial charge in [0, 0.05) is 19.1 Å². The van der Waals surface area contributed by atoms with Crippen molar-refractivity contribution >= 4 is 12.1 Å². The summed E-state index contributed by atoms with van der Waals surface area (Å²) in [5, 5.41) is 9.41. The number of carboxylic acid groups (broad SMARTS) is 1. The molecule has 0 bridgehead atoms. The minimum Gasteiger partial charge on any atom is -0.481 e. The molecular formula is C18H24N2O4. The van der Waals surface area contributed by atoms with Gasteiger partial charge in [-0.25, -0.2) is 4.79 Å². The summed E-state index contributed by atoms with van der Waals surface area (Å²) in [7, 11) is 0. The average molecular weight is 332 g/mol. The Labute approximate surface area is 142 Å². The standard InChI is InChI=1S/C18H24N2O4/c21-17(22)15-10-16(19-8-4-5-9-19)12-20(11-15)18(23)24-13-14-6-2-1-3-7-14/h1-3,6-7,15-16H,4-5,8-13H2,(H,21,22). The molecule has 0 spiro atoms. The number of carbonyl (C=O) groups excluding carboxylic acids is 1. The first-order valence-electron chi connectivity index (χ1n) is 8.56. The number of benzene rings is 1. The topological polar surface area (TPSA) is 70.1 Å². The van der Waals surface area contributed by atoms with Crippen LogP contribution in [0.5, 0.6) is 0 Å². The number of likely N-dealkylation sites (tertiary alicyclic amines) is 2. The molecule has 2 aliphatic heterocycles. The summed E-state index contributed by atoms with van der Waals surface area (Å²) in [4.78, 5) is 27.7. The molecule has 130 valence electrons. The van der Waals surface area contributed by atoms with E-state index in [0.29, 0.717) is 13.0 Å². The second kappa shape index (κ2) is 7.66. The smallest absolute Gasteiger partial charge is 0.410 e. The third kappa shape index (κ3) is 4.06. The van der Waals surface area contributed by atoms with Gasteiger partial charge in [0.2, 0.25) is 0 Å². The Morgan fingerprint density at radius 2 is 1.83 bits per heavy atom. The summed E-state index contributed by atoms with van der Waals surface area (Å²) in [6.07, 6.45) is 2.48. The van der Waals surface area contributed by atoms with Gasteiger partial charge in [0.15, 0.2) is 0 Å². The fraction of sp³-hybridized carbons (Fsp3) is 0.556. The molecule has 1 aromatic carbocycles. The predicted molar refractivity (Wildman–Crippen MR) is 88.5 cm³/mol. The molecule has 1 N–H and O–H groups in total. The van der Waals surface area contributed by atoms with Gasteiger partial charge in [-0.1, -0.05) is 30.3 Å². The Bertz CT molecular complexity index is 572. The Morgan fingerprint density at radius 1 is 1.12 bits per heavy atom. The van der Waals surface area contributed by atoms with E-state index in [0.717, 1.165) is 31.5 Å². The molecule has 0 saturated carbocycles. The van der Waals surface area contributed by atoms with Gasteiger partial charge >= 0.3 is 12.1 Å². The maximum absolute atomic E-state index is 12.4. The summed E-state index contributed by atoms with van der Waals surface area (Å²) >= 11 is 0. The molecule has 1 amide bonds. The number of nitrogens with zero attached hydrogens (tertiary/aromatic N) is 2. The summed E-state index contributed by atoms with van der Waals surface area (Å²) in [5.74, 6) is -1.35. The molecule has 2 saturated heterocycles. The van der Waals surface area contributed by atoms with E-state index in [1.54, 1.807) is 4.90 Å². The number of hydrogen-bond donors (Lipinski definition) is 1. The number of hydrogen-bond acceptors (Lipinski definition) is 4. The third-order valence-corrected chi connectivity index (χ3v) is 4.90. The lowest BCUT2D eigenvalue weighted by molar-refractivity contribution is -0.144. The monoisotopic (exact) mass is 332 g/mol. The van der Waals surface area contributed by atoms with Crippen LogP contribution in [0.4, 0.5) is 4.79 Å². The highest BCUT2D eigenvalue weighted by molar-refractivity contribution is 5.73. The van der Waals surface area contributed by atoms with Crippen LogP contribution in [0.15, 0.2) is 30.3 Å². The zero-order valence-electron chi connectivity index (χ0n) is 13.8. The fourth-order valence-electron chi connectivity index (χ4n) is 3.58. The van der Waals surface area contributed by atoms with E-state index in [1.165, 1.54) is 0 Å². The van der Waals surface area contributed by atoms with Crippen LogP contribution in [0.1, 0.15) is 24.8 Å². The van der Waals surface area contributed by atoms with Crippen molar-refractivity contribution in [2.24, 2.45) is 5.92 Å². The molecule has 0 aromatic heterocycles. The Morgan fingerprint density at radius 3 is 2.50 bits per heavy atom. The number of piperidine rings is 1. The van der Waals surface area contributed by atoms with E-state index < -0.39 is 18.0 Å². The molecule has 24 heavy (non-hydrogen) atoms. The van der Waals surface area contributed by atoms with E-state index in [9.17, 15) is 14.7 Å². The van der Waals surface area contributed by atoms with Crippen molar-refractivity contribution in [3.8, 4) is 0 Å². The molecule has 2 fully saturated rings. The number of ether oxygens (including phenoxy) is 1. The van der Waals surface area contributed by atoms with Crippen molar-refractivity contribution in [3.05, 3.63) is 35.9 Å². The predicted octanol–water partition coefficient (Wildman–Crippen LogP) is 2.19. The largest absolute Gasteiger partial charge is 0.481 e. The fourth-order valence-corrected chi connectivity index (χ4v) is 3.58. The third-order valence-electron chi connectivity index (χ3n) is 4.90. The minimum absolute atomic E-state index is 0.117. The van der Waals surface area contributed by atoms with Gasteiger partial charge in [-0.2, -0.15) is 0 Å². The molecule has 0 aliphatic carbocycles. The highest BCUT2D eigenvalue weighted by Crippen LogP contribution is 2.25. The molecule has 2 atom stereocenters. The van der Waals surface area contributed by atoms with Crippen molar-refractivity contribution in [1.29, 1.82) is 0 Å². The second-order valence-corrected chi connectivity index (χ2v) is 6.61. The van der Waals surface area contributed by atoms with E-state index in [-0.39, 0.29) is 19.2 Å². The van der Waals surface area contributed by atoms with Gasteiger partial charge in [0.25, 0.3) is 0 Å². The molecule has 1 aromatic rings. The van der Waals surface area contributed by atoms with Crippen LogP contribution in [0, 0.1) is 5.92 Å². The number of amides is 1. The van der Waals surface area contributed by atoms with Gasteiger partial charge in [-0.05, 0) is 37.9 Å². The molecule has 6 heteroatoms. The second-order valence-electron chi connectivity index (χ2n) is 6.61. The maximum Gasteiger partial charge on any atom is 0.410 e. The lowest BCUT2D eigenvalue weighted by Gasteiger charge is -2.39. The van der Waals surface area contributed by atoms with Crippen LogP contribution >= 0.6 is 0 Å². The molecular weight excluding hydrogens is 308 g/mol. The van der Waals surface area contributed by atoms with E-state index in [1.807, 2.05) is 30.3 Å². The van der Waals surface area contributed by atoms with Crippen molar-refractivity contribution in [2.45, 2.75) is 31.9 Å². The quantitative estimate of drug-likeness (QED) is 0.915. The minimum atomic E-state index is -0.834. The van der Waals surface area contributed by atoms with Crippen LogP contribution < -0.4 is 0 Å². The van der Waals surface area contributed by atoms with E-state index in [2.05, 4.69) is 4.90 Å². The number of carboxylic acids is 1. The Kier molecular flexibility index (Phi) is 5.35. The first-order valence-corrected chi connectivity index (χ1v) is 8.56. The van der Waals surface area contributed by atoms with E-state index >= 15 is 0 Å². The normalized spacial score (nSPS) is 24.8. The molecule has 2 unspecified atom stereocenters. The van der Waals surface area contributed by atoms with Crippen molar-refractivity contribution in [1.82, 2.24) is 9.80 Å². The SMILES string of the molecule is O=C(O)C1CC(N2CCCC2)CN(C(=O)OCc2ccccc2)C1. The van der Waals surface area contributed by atoms with Gasteiger partial charge in [0.05, 0.1) is 5.92 Å². The molecule has 3 rings (SSSR count). The summed E-state index contributed by atoms with van der Waals surface area (Å²) in [6, 6.07) is 9.62. The molecule has 6 nitrogen and oxygen atoms in total. The number of carbonyl (C=O) groups is 2. The maximum atomic E-state index is 12.4. The first kappa shape index (κ1) is 16.8. The van der Waals surface area contributed by atoms with Gasteiger partial charge < -0.3 is 14.7 Å². The van der Waals surface area contributed by atoms with Gasteiger partial charge in [-0.15, -0.1) is 0 Å². The molecule has 0 radical (unpaired) electrons. The van der Waals surface area contributed by atoms with Crippen LogP contribution in [-0.4, -0.2) is 59.2 Å². The Hall–Kier alpha value is -2.08. The lowest BCUT2D eigenvalue weighted by Crippen LogP contribution is -2.53. The lowest BCUT2D eigenvalue weighted by atomic mass is 9.93. The number of aliphatic carboxylic acids is 1. The van der Waals surface area contributed by atoms with Crippen molar-refractivity contribution < 1.29 is 19.4 Å². The highest BCUT2D eigenvalue weighted by atomic mass is 16.6. The van der Waals surface area contributed by atoms with Crippen LogP contribution in [-0.2, 0) is 16.1 Å². The average Bonchev–Trinajstić information content (AvgIpc) is 3.15. The van der Waals surface area contributed by atoms with Crippen LogP contribution in [0.2, 0.25) is 0 Å². The summed E-state index contributed by atoms with van der Waals surface area (Å²) < 4.78 is 5.38. The van der Waals surface area contributed by atoms with E-state index in [4.69, 9.17) is 4.74 Å². The van der Waals surface area contributed by atoms with Gasteiger partial charge in [0.1, 0.15) is 6.61 Å². The highest BCUT2D eigenvalue weighted by Gasteiger charge is 2.37. The zero-order chi connectivity index (χ0) is 16.9. The van der Waals surface area contributed by atoms with Crippen LogP contribution in [0.3, 0.4) is 0 Å². The summed E-state index contributed by atoms with van der Waals surface area (Å²) in [6.45, 7) is 2.97.